The molecule has 4 rings (SSSR count). The van der Waals surface area contributed by atoms with E-state index in [9.17, 15) is 0 Å². The molecule has 0 amide bonds. The Labute approximate surface area is 168 Å². The van der Waals surface area contributed by atoms with Crippen molar-refractivity contribution >= 4 is 39.3 Å². The molecule has 0 aromatic heterocycles. The maximum atomic E-state index is 6.28. The molecular weight excluding hydrogens is 414 g/mol. The molecule has 1 heterocycles. The summed E-state index contributed by atoms with van der Waals surface area (Å²) in [6.45, 7) is 6.54. The lowest BCUT2D eigenvalue weighted by Crippen LogP contribution is -2.40. The van der Waals surface area contributed by atoms with Crippen molar-refractivity contribution in [1.29, 1.82) is 0 Å². The molecule has 1 aliphatic heterocycles. The lowest BCUT2D eigenvalue weighted by molar-refractivity contribution is 0.211. The Balaban J connectivity index is 1.53. The van der Waals surface area contributed by atoms with Gasteiger partial charge in [-0.15, -0.1) is 11.8 Å². The summed E-state index contributed by atoms with van der Waals surface area (Å²) in [6, 6.07) is 15.8. The largest absolute Gasteiger partial charge is 0.294 e. The molecule has 1 saturated carbocycles. The van der Waals surface area contributed by atoms with Gasteiger partial charge in [0.2, 0.25) is 0 Å². The number of rotatable bonds is 4. The molecule has 2 aromatic carbocycles. The number of fused-ring (bicyclic) bond motifs is 2. The Bertz CT molecular complexity index is 766. The fourth-order valence-electron chi connectivity index (χ4n) is 4.24. The number of nitrogens with zero attached hydrogens (tertiary/aromatic N) is 1. The van der Waals surface area contributed by atoms with Crippen molar-refractivity contribution in [2.75, 3.05) is 6.54 Å². The summed E-state index contributed by atoms with van der Waals surface area (Å²) in [7, 11) is 0. The minimum Gasteiger partial charge on any atom is -0.294 e. The zero-order valence-corrected chi connectivity index (χ0v) is 17.7. The number of aryl methyl sites for hydroxylation is 2. The first-order valence-corrected chi connectivity index (χ1v) is 11.1. The maximum absolute atomic E-state index is 6.28. The standard InChI is InChI=1S/C21H23BrClNS/c1-13-9-18(14(2)8-17(13)23)25-19-10-16-12-24(21(19)20(16)22)11-15-6-4-3-5-7-15/h3-9,16,19-21H,10-12H2,1-2H3/t16-,19+,20+,21+/m0/s1. The summed E-state index contributed by atoms with van der Waals surface area (Å²) in [5.74, 6) is 0.764. The highest BCUT2D eigenvalue weighted by Crippen LogP contribution is 2.50. The summed E-state index contributed by atoms with van der Waals surface area (Å²) >= 11 is 12.3. The highest BCUT2D eigenvalue weighted by molar-refractivity contribution is 9.09. The first-order valence-electron chi connectivity index (χ1n) is 8.88. The Morgan fingerprint density at radius 1 is 1.16 bits per heavy atom. The zero-order valence-electron chi connectivity index (χ0n) is 14.6. The predicted molar refractivity (Wildman–Crippen MR) is 112 cm³/mol. The molecule has 4 atom stereocenters. The van der Waals surface area contributed by atoms with Gasteiger partial charge in [0.05, 0.1) is 0 Å². The maximum Gasteiger partial charge on any atom is 0.0438 e. The highest BCUT2D eigenvalue weighted by Gasteiger charge is 2.51. The fraction of sp³-hybridized carbons (Fsp3) is 0.429. The Morgan fingerprint density at radius 3 is 2.64 bits per heavy atom. The molecule has 2 bridgehead atoms. The molecule has 0 unspecified atom stereocenters. The van der Waals surface area contributed by atoms with Crippen LogP contribution >= 0.6 is 39.3 Å². The second-order valence-corrected chi connectivity index (χ2v) is 10.1. The van der Waals surface area contributed by atoms with Crippen molar-refractivity contribution in [3.8, 4) is 0 Å². The number of hydrogen-bond donors (Lipinski definition) is 0. The van der Waals surface area contributed by atoms with Crippen LogP contribution in [-0.2, 0) is 6.54 Å². The predicted octanol–water partition coefficient (Wildman–Crippen LogP) is 6.09. The first-order chi connectivity index (χ1) is 12.0. The Kier molecular flexibility index (Phi) is 5.20. The third kappa shape index (κ3) is 3.53. The number of piperidine rings is 1. The summed E-state index contributed by atoms with van der Waals surface area (Å²) in [6.07, 6.45) is 1.30. The lowest BCUT2D eigenvalue weighted by Gasteiger charge is -2.33. The van der Waals surface area contributed by atoms with Crippen molar-refractivity contribution in [2.24, 2.45) is 5.92 Å². The SMILES string of the molecule is Cc1cc(S[C@@H]2C[C@H]3CN(Cc4ccccc4)[C@H]2[C@@H]3Br)c(C)cc1Cl. The van der Waals surface area contributed by atoms with Crippen LogP contribution in [0.3, 0.4) is 0 Å². The lowest BCUT2D eigenvalue weighted by atomic mass is 10.1. The summed E-state index contributed by atoms with van der Waals surface area (Å²) < 4.78 is 0. The first kappa shape index (κ1) is 17.9. The normalized spacial score (nSPS) is 28.6. The average molecular weight is 437 g/mol. The van der Waals surface area contributed by atoms with Crippen molar-refractivity contribution in [1.82, 2.24) is 4.90 Å². The van der Waals surface area contributed by atoms with Crippen LogP contribution in [-0.4, -0.2) is 27.6 Å². The molecule has 1 nitrogen and oxygen atoms in total. The van der Waals surface area contributed by atoms with E-state index in [1.807, 2.05) is 0 Å². The van der Waals surface area contributed by atoms with E-state index in [4.69, 9.17) is 11.6 Å². The van der Waals surface area contributed by atoms with Crippen molar-refractivity contribution in [3.05, 3.63) is 64.2 Å². The molecule has 2 fully saturated rings. The van der Waals surface area contributed by atoms with Gasteiger partial charge in [0.25, 0.3) is 0 Å². The van der Waals surface area contributed by atoms with Gasteiger partial charge in [-0.25, -0.2) is 0 Å². The van der Waals surface area contributed by atoms with Gasteiger partial charge in [0, 0.05) is 39.1 Å². The van der Waals surface area contributed by atoms with Gasteiger partial charge in [-0.05, 0) is 55.0 Å². The van der Waals surface area contributed by atoms with E-state index in [2.05, 4.69) is 88.9 Å². The van der Waals surface area contributed by atoms with E-state index in [-0.39, 0.29) is 0 Å². The summed E-state index contributed by atoms with van der Waals surface area (Å²) in [4.78, 5) is 4.68. The molecule has 1 aliphatic carbocycles. The summed E-state index contributed by atoms with van der Waals surface area (Å²) in [5, 5.41) is 1.52. The van der Waals surface area contributed by atoms with Crippen LogP contribution in [0.25, 0.3) is 0 Å². The van der Waals surface area contributed by atoms with Crippen LogP contribution in [0.2, 0.25) is 5.02 Å². The average Bonchev–Trinajstić information content (AvgIpc) is 3.04. The van der Waals surface area contributed by atoms with Crippen LogP contribution in [0.1, 0.15) is 23.1 Å². The van der Waals surface area contributed by atoms with Crippen LogP contribution in [0.4, 0.5) is 0 Å². The van der Waals surface area contributed by atoms with E-state index in [1.165, 1.54) is 34.6 Å². The van der Waals surface area contributed by atoms with Crippen molar-refractivity contribution in [2.45, 2.75) is 47.8 Å². The number of likely N-dealkylation sites (tertiary alicyclic amines) is 1. The number of benzene rings is 2. The molecule has 2 aliphatic rings. The van der Waals surface area contributed by atoms with E-state index in [0.29, 0.717) is 16.1 Å². The van der Waals surface area contributed by atoms with Gasteiger partial charge in [-0.1, -0.05) is 57.9 Å². The van der Waals surface area contributed by atoms with E-state index < -0.39 is 0 Å². The molecule has 1 saturated heterocycles. The molecule has 0 radical (unpaired) electrons. The van der Waals surface area contributed by atoms with Gasteiger partial charge >= 0.3 is 0 Å². The second-order valence-electron chi connectivity index (χ2n) is 7.37. The van der Waals surface area contributed by atoms with Crippen LogP contribution in [0, 0.1) is 19.8 Å². The third-order valence-electron chi connectivity index (χ3n) is 5.55. The number of alkyl halides is 1. The van der Waals surface area contributed by atoms with Gasteiger partial charge in [0.1, 0.15) is 0 Å². The monoisotopic (exact) mass is 435 g/mol. The van der Waals surface area contributed by atoms with E-state index in [1.54, 1.807) is 0 Å². The second kappa shape index (κ2) is 7.26. The molecule has 132 valence electrons. The van der Waals surface area contributed by atoms with Gasteiger partial charge in [0.15, 0.2) is 0 Å². The van der Waals surface area contributed by atoms with Crippen molar-refractivity contribution < 1.29 is 0 Å². The molecule has 0 N–H and O–H groups in total. The minimum absolute atomic E-state index is 0.602. The number of hydrogen-bond acceptors (Lipinski definition) is 2. The Hall–Kier alpha value is -0.480. The van der Waals surface area contributed by atoms with Crippen LogP contribution in [0.15, 0.2) is 47.4 Å². The molecule has 4 heteroatoms. The molecule has 2 aromatic rings. The topological polar surface area (TPSA) is 3.24 Å². The quantitative estimate of drug-likeness (QED) is 0.534. The smallest absolute Gasteiger partial charge is 0.0438 e. The molecule has 0 spiro atoms. The third-order valence-corrected chi connectivity index (χ3v) is 8.71. The summed E-state index contributed by atoms with van der Waals surface area (Å²) in [5.41, 5.74) is 3.88. The van der Waals surface area contributed by atoms with Gasteiger partial charge in [-0.2, -0.15) is 0 Å². The highest BCUT2D eigenvalue weighted by atomic mass is 79.9. The van der Waals surface area contributed by atoms with Gasteiger partial charge in [-0.3, -0.25) is 4.90 Å². The van der Waals surface area contributed by atoms with Crippen molar-refractivity contribution in [3.63, 3.8) is 0 Å². The zero-order chi connectivity index (χ0) is 17.6. The van der Waals surface area contributed by atoms with Crippen LogP contribution in [0.5, 0.6) is 0 Å². The van der Waals surface area contributed by atoms with Crippen LogP contribution < -0.4 is 0 Å². The number of thioether (sulfide) groups is 1. The fourth-order valence-corrected chi connectivity index (χ4v) is 7.38. The van der Waals surface area contributed by atoms with E-state index >= 15 is 0 Å². The molecular formula is C21H23BrClNS. The Morgan fingerprint density at radius 2 is 1.92 bits per heavy atom. The minimum atomic E-state index is 0.602. The van der Waals surface area contributed by atoms with Gasteiger partial charge < -0.3 is 0 Å². The number of halogens is 2. The molecule has 25 heavy (non-hydrogen) atoms. The van der Waals surface area contributed by atoms with E-state index in [0.717, 1.165) is 17.5 Å².